The van der Waals surface area contributed by atoms with Crippen LogP contribution in [0.4, 0.5) is 14.5 Å². The molecule has 1 heterocycles. The lowest BCUT2D eigenvalue weighted by Gasteiger charge is -2.07. The molecule has 112 valence electrons. The maximum Gasteiger partial charge on any atom is 0.288 e. The molecule has 0 atom stereocenters. The smallest absolute Gasteiger partial charge is 0.288 e. The van der Waals surface area contributed by atoms with Gasteiger partial charge < -0.3 is 5.32 Å². The van der Waals surface area contributed by atoms with Gasteiger partial charge in [0.25, 0.3) is 11.7 Å². The molecule has 0 saturated carbocycles. The molecule has 0 unspecified atom stereocenters. The van der Waals surface area contributed by atoms with E-state index in [0.717, 1.165) is 5.69 Å². The molecule has 0 fully saturated rings. The maximum absolute atomic E-state index is 12.2. The Morgan fingerprint density at radius 3 is 2.38 bits per heavy atom. The van der Waals surface area contributed by atoms with Crippen molar-refractivity contribution in [3.05, 3.63) is 41.2 Å². The molecule has 0 aliphatic rings. The topological polar surface area (TPSA) is 46.9 Å². The van der Waals surface area contributed by atoms with Gasteiger partial charge in [-0.15, -0.1) is 0 Å². The van der Waals surface area contributed by atoms with Crippen molar-refractivity contribution in [1.29, 1.82) is 0 Å². The molecular weight excluding hydrogens is 296 g/mol. The lowest BCUT2D eigenvalue weighted by atomic mass is 10.2. The van der Waals surface area contributed by atoms with E-state index >= 15 is 0 Å². The number of carbonyl (C=O) groups excluding carboxylic acids is 1. The van der Waals surface area contributed by atoms with Gasteiger partial charge in [0.1, 0.15) is 0 Å². The summed E-state index contributed by atoms with van der Waals surface area (Å²) in [4.78, 5) is 12.7. The van der Waals surface area contributed by atoms with Crippen LogP contribution in [0.5, 0.6) is 0 Å². The van der Waals surface area contributed by atoms with Crippen LogP contribution in [0.3, 0.4) is 0 Å². The number of carbonyl (C=O) groups is 1. The highest BCUT2D eigenvalue weighted by Crippen LogP contribution is 2.26. The number of amides is 1. The van der Waals surface area contributed by atoms with Crippen LogP contribution < -0.4 is 5.32 Å². The molecule has 0 aliphatic carbocycles. The van der Waals surface area contributed by atoms with Gasteiger partial charge in [0.2, 0.25) is 0 Å². The molecule has 0 radical (unpaired) electrons. The maximum atomic E-state index is 12.2. The van der Waals surface area contributed by atoms with Gasteiger partial charge in [0, 0.05) is 23.3 Å². The van der Waals surface area contributed by atoms with E-state index in [1.807, 2.05) is 6.92 Å². The van der Waals surface area contributed by atoms with Crippen LogP contribution in [0.2, 0.25) is 0 Å². The fourth-order valence-corrected chi connectivity index (χ4v) is 2.51. The van der Waals surface area contributed by atoms with Crippen LogP contribution in [0, 0.1) is 13.8 Å². The summed E-state index contributed by atoms with van der Waals surface area (Å²) in [7, 11) is 1.77. The summed E-state index contributed by atoms with van der Waals surface area (Å²) in [5.74, 6) is -2.71. The molecule has 1 aromatic heterocycles. The number of aromatic nitrogens is 2. The average molecular weight is 311 g/mol. The standard InChI is InChI=1S/C14H15F2N3OS/c1-8-12(9(2)19(3)18-8)13(20)17-10-4-6-11(7-5-10)21-14(15)16/h4-7,14H,1-3H3,(H,17,20). The number of anilines is 1. The van der Waals surface area contributed by atoms with Gasteiger partial charge in [0.15, 0.2) is 0 Å². The molecule has 2 rings (SSSR count). The Hall–Kier alpha value is -1.89. The second-order valence-corrected chi connectivity index (χ2v) is 5.59. The van der Waals surface area contributed by atoms with Crippen LogP contribution in [0.15, 0.2) is 29.2 Å². The zero-order valence-corrected chi connectivity index (χ0v) is 12.7. The number of hydrogen-bond acceptors (Lipinski definition) is 3. The first-order chi connectivity index (χ1) is 9.88. The van der Waals surface area contributed by atoms with Gasteiger partial charge in [-0.3, -0.25) is 9.48 Å². The Morgan fingerprint density at radius 1 is 1.29 bits per heavy atom. The lowest BCUT2D eigenvalue weighted by molar-refractivity contribution is 0.102. The van der Waals surface area contributed by atoms with E-state index in [2.05, 4.69) is 10.4 Å². The Balaban J connectivity index is 2.12. The Kier molecular flexibility index (Phi) is 4.62. The van der Waals surface area contributed by atoms with E-state index in [9.17, 15) is 13.6 Å². The predicted octanol–water partition coefficient (Wildman–Crippen LogP) is 3.60. The van der Waals surface area contributed by atoms with Crippen LogP contribution in [0.1, 0.15) is 21.7 Å². The largest absolute Gasteiger partial charge is 0.322 e. The third kappa shape index (κ3) is 3.60. The Labute approximate surface area is 125 Å². The van der Waals surface area contributed by atoms with Crippen molar-refractivity contribution in [2.75, 3.05) is 5.32 Å². The van der Waals surface area contributed by atoms with E-state index < -0.39 is 5.76 Å². The van der Waals surface area contributed by atoms with Crippen molar-refractivity contribution in [3.8, 4) is 0 Å². The van der Waals surface area contributed by atoms with Gasteiger partial charge in [-0.25, -0.2) is 0 Å². The fourth-order valence-electron chi connectivity index (χ4n) is 2.02. The van der Waals surface area contributed by atoms with Crippen molar-refractivity contribution >= 4 is 23.4 Å². The summed E-state index contributed by atoms with van der Waals surface area (Å²) in [6, 6.07) is 6.30. The first-order valence-electron chi connectivity index (χ1n) is 6.25. The number of nitrogens with one attached hydrogen (secondary N) is 1. The molecule has 1 aromatic carbocycles. The van der Waals surface area contributed by atoms with Crippen LogP contribution in [-0.2, 0) is 7.05 Å². The zero-order valence-electron chi connectivity index (χ0n) is 11.9. The average Bonchev–Trinajstić information content (AvgIpc) is 2.65. The van der Waals surface area contributed by atoms with E-state index in [1.165, 1.54) is 0 Å². The van der Waals surface area contributed by atoms with Crippen LogP contribution in [-0.4, -0.2) is 21.4 Å². The van der Waals surface area contributed by atoms with Gasteiger partial charge >= 0.3 is 0 Å². The molecule has 4 nitrogen and oxygen atoms in total. The second-order valence-electron chi connectivity index (χ2n) is 4.53. The molecule has 1 amide bonds. The summed E-state index contributed by atoms with van der Waals surface area (Å²) in [5.41, 5.74) is 2.51. The van der Waals surface area contributed by atoms with E-state index in [4.69, 9.17) is 0 Å². The normalized spacial score (nSPS) is 11.0. The molecule has 21 heavy (non-hydrogen) atoms. The summed E-state index contributed by atoms with van der Waals surface area (Å²) >= 11 is 0.471. The van der Waals surface area contributed by atoms with E-state index in [-0.39, 0.29) is 5.91 Å². The third-order valence-electron chi connectivity index (χ3n) is 3.07. The minimum absolute atomic E-state index is 0.257. The minimum atomic E-state index is -2.45. The first kappa shape index (κ1) is 15.5. The number of rotatable bonds is 4. The number of halogens is 2. The molecule has 0 spiro atoms. The van der Waals surface area contributed by atoms with Gasteiger partial charge in [0.05, 0.1) is 11.3 Å². The second kappa shape index (κ2) is 6.26. The summed E-state index contributed by atoms with van der Waals surface area (Å²) in [6.07, 6.45) is 0. The highest BCUT2D eigenvalue weighted by Gasteiger charge is 2.17. The highest BCUT2D eigenvalue weighted by molar-refractivity contribution is 7.99. The lowest BCUT2D eigenvalue weighted by Crippen LogP contribution is -2.14. The number of benzene rings is 1. The molecule has 0 saturated heterocycles. The molecule has 0 aliphatic heterocycles. The number of alkyl halides is 2. The third-order valence-corrected chi connectivity index (χ3v) is 3.80. The van der Waals surface area contributed by atoms with E-state index in [1.54, 1.807) is 42.9 Å². The van der Waals surface area contributed by atoms with Crippen molar-refractivity contribution in [2.45, 2.75) is 24.5 Å². The van der Waals surface area contributed by atoms with Crippen LogP contribution >= 0.6 is 11.8 Å². The molecule has 0 bridgehead atoms. The SMILES string of the molecule is Cc1nn(C)c(C)c1C(=O)Nc1ccc(SC(F)F)cc1. The minimum Gasteiger partial charge on any atom is -0.322 e. The van der Waals surface area contributed by atoms with Crippen molar-refractivity contribution < 1.29 is 13.6 Å². The van der Waals surface area contributed by atoms with Gasteiger partial charge in [-0.2, -0.15) is 13.9 Å². The monoisotopic (exact) mass is 311 g/mol. The number of thioether (sulfide) groups is 1. The van der Waals surface area contributed by atoms with Crippen molar-refractivity contribution in [3.63, 3.8) is 0 Å². The van der Waals surface area contributed by atoms with Gasteiger partial charge in [-0.05, 0) is 38.1 Å². The Bertz CT molecular complexity index is 653. The Morgan fingerprint density at radius 2 is 1.90 bits per heavy atom. The molecular formula is C14H15F2N3OS. The first-order valence-corrected chi connectivity index (χ1v) is 7.13. The fraction of sp³-hybridized carbons (Fsp3) is 0.286. The molecule has 1 N–H and O–H groups in total. The number of nitrogens with zero attached hydrogens (tertiary/aromatic N) is 2. The summed E-state index contributed by atoms with van der Waals surface area (Å²) < 4.78 is 26.1. The number of hydrogen-bond donors (Lipinski definition) is 1. The van der Waals surface area contributed by atoms with Crippen molar-refractivity contribution in [2.24, 2.45) is 7.05 Å². The van der Waals surface area contributed by atoms with Crippen molar-refractivity contribution in [1.82, 2.24) is 9.78 Å². The summed E-state index contributed by atoms with van der Waals surface area (Å²) in [5, 5.41) is 6.93. The van der Waals surface area contributed by atoms with E-state index in [0.29, 0.717) is 33.6 Å². The quantitative estimate of drug-likeness (QED) is 0.878. The van der Waals surface area contributed by atoms with Crippen LogP contribution in [0.25, 0.3) is 0 Å². The molecule has 2 aromatic rings. The predicted molar refractivity (Wildman–Crippen MR) is 78.9 cm³/mol. The van der Waals surface area contributed by atoms with Gasteiger partial charge in [-0.1, -0.05) is 11.8 Å². The summed E-state index contributed by atoms with van der Waals surface area (Å²) in [6.45, 7) is 3.58. The molecule has 7 heteroatoms. The zero-order chi connectivity index (χ0) is 15.6. The number of aryl methyl sites for hydroxylation is 2. The highest BCUT2D eigenvalue weighted by atomic mass is 32.2.